The number of nitrogen functional groups attached to an aromatic ring is 1. The Morgan fingerprint density at radius 1 is 1.03 bits per heavy atom. The van der Waals surface area contributed by atoms with Crippen molar-refractivity contribution in [2.45, 2.75) is 24.8 Å². The standard InChI is InChI=1S/C24H24N6O2S/c1-14(2)30-12-19(20-22(25)26-13-27-23(20)30)21(31)15-5-4-6-17(11-15)29-24(32)28-16-7-9-18(33-3)10-8-16/h4-14H,1-3H3,(H2,25,26,27)(H2,28,29,32). The highest BCUT2D eigenvalue weighted by Gasteiger charge is 2.21. The number of nitrogens with one attached hydrogen (secondary N) is 2. The van der Waals surface area contributed by atoms with Crippen molar-refractivity contribution in [3.8, 4) is 0 Å². The van der Waals surface area contributed by atoms with E-state index in [1.165, 1.54) is 6.33 Å². The Kier molecular flexibility index (Phi) is 6.32. The van der Waals surface area contributed by atoms with Crippen LogP contribution >= 0.6 is 11.8 Å². The van der Waals surface area contributed by atoms with Crippen molar-refractivity contribution in [2.75, 3.05) is 22.6 Å². The number of carbonyl (C=O) groups excluding carboxylic acids is 2. The zero-order valence-electron chi connectivity index (χ0n) is 18.5. The molecule has 0 spiro atoms. The number of carbonyl (C=O) groups is 2. The van der Waals surface area contributed by atoms with Gasteiger partial charge in [0.1, 0.15) is 17.8 Å². The van der Waals surface area contributed by atoms with E-state index in [1.54, 1.807) is 42.2 Å². The molecule has 168 valence electrons. The summed E-state index contributed by atoms with van der Waals surface area (Å²) in [5, 5.41) is 6.09. The van der Waals surface area contributed by atoms with Gasteiger partial charge in [-0.3, -0.25) is 4.79 Å². The number of ketones is 1. The third kappa shape index (κ3) is 4.68. The lowest BCUT2D eigenvalue weighted by atomic mass is 10.0. The monoisotopic (exact) mass is 460 g/mol. The molecule has 0 saturated heterocycles. The summed E-state index contributed by atoms with van der Waals surface area (Å²) in [4.78, 5) is 35.3. The summed E-state index contributed by atoms with van der Waals surface area (Å²) in [5.41, 5.74) is 8.72. The van der Waals surface area contributed by atoms with E-state index in [0.29, 0.717) is 33.5 Å². The molecule has 2 amide bonds. The highest BCUT2D eigenvalue weighted by Crippen LogP contribution is 2.29. The number of amides is 2. The Hall–Kier alpha value is -3.85. The van der Waals surface area contributed by atoms with Crippen molar-refractivity contribution in [3.05, 3.63) is 72.2 Å². The third-order valence-corrected chi connectivity index (χ3v) is 5.91. The normalized spacial score (nSPS) is 11.0. The van der Waals surface area contributed by atoms with E-state index < -0.39 is 6.03 Å². The average molecular weight is 461 g/mol. The van der Waals surface area contributed by atoms with E-state index in [0.717, 1.165) is 4.90 Å². The molecule has 8 nitrogen and oxygen atoms in total. The first-order chi connectivity index (χ1) is 15.9. The quantitative estimate of drug-likeness (QED) is 0.269. The van der Waals surface area contributed by atoms with Gasteiger partial charge in [0.25, 0.3) is 0 Å². The number of nitrogens with two attached hydrogens (primary N) is 1. The molecule has 4 N–H and O–H groups in total. The van der Waals surface area contributed by atoms with E-state index in [4.69, 9.17) is 5.73 Å². The zero-order chi connectivity index (χ0) is 23.5. The molecule has 0 bridgehead atoms. The molecule has 4 aromatic rings. The Balaban J connectivity index is 1.58. The number of anilines is 3. The van der Waals surface area contributed by atoms with Crippen LogP contribution in [0.1, 0.15) is 35.8 Å². The third-order valence-electron chi connectivity index (χ3n) is 5.17. The van der Waals surface area contributed by atoms with Gasteiger partial charge in [-0.05, 0) is 56.5 Å². The highest BCUT2D eigenvalue weighted by molar-refractivity contribution is 7.98. The summed E-state index contributed by atoms with van der Waals surface area (Å²) in [5.74, 6) is 0.0292. The van der Waals surface area contributed by atoms with Crippen molar-refractivity contribution in [1.29, 1.82) is 0 Å². The average Bonchev–Trinajstić information content (AvgIpc) is 3.20. The summed E-state index contributed by atoms with van der Waals surface area (Å²) in [6.07, 6.45) is 5.14. The summed E-state index contributed by atoms with van der Waals surface area (Å²) in [7, 11) is 0. The second-order valence-electron chi connectivity index (χ2n) is 7.72. The molecular weight excluding hydrogens is 436 g/mol. The number of hydrogen-bond donors (Lipinski definition) is 3. The maximum absolute atomic E-state index is 13.4. The molecule has 2 aromatic carbocycles. The van der Waals surface area contributed by atoms with Gasteiger partial charge in [0.05, 0.1) is 10.9 Å². The maximum atomic E-state index is 13.4. The van der Waals surface area contributed by atoms with E-state index >= 15 is 0 Å². The van der Waals surface area contributed by atoms with Gasteiger partial charge in [-0.2, -0.15) is 0 Å². The van der Waals surface area contributed by atoms with Crippen LogP contribution in [0.5, 0.6) is 0 Å². The molecule has 0 radical (unpaired) electrons. The molecule has 0 fully saturated rings. The van der Waals surface area contributed by atoms with Gasteiger partial charge in [0.2, 0.25) is 0 Å². The molecule has 33 heavy (non-hydrogen) atoms. The summed E-state index contributed by atoms with van der Waals surface area (Å²) < 4.78 is 1.90. The number of nitrogens with zero attached hydrogens (tertiary/aromatic N) is 3. The van der Waals surface area contributed by atoms with E-state index in [2.05, 4.69) is 20.6 Å². The summed E-state index contributed by atoms with van der Waals surface area (Å²) in [6.45, 7) is 4.01. The van der Waals surface area contributed by atoms with Gasteiger partial charge >= 0.3 is 6.03 Å². The SMILES string of the molecule is CSc1ccc(NC(=O)Nc2cccc(C(=O)c3cn(C(C)C)c4ncnc(N)c34)c2)cc1. The van der Waals surface area contributed by atoms with E-state index in [9.17, 15) is 9.59 Å². The van der Waals surface area contributed by atoms with Crippen molar-refractivity contribution in [1.82, 2.24) is 14.5 Å². The largest absolute Gasteiger partial charge is 0.383 e. The number of thioether (sulfide) groups is 1. The van der Waals surface area contributed by atoms with Crippen molar-refractivity contribution in [3.63, 3.8) is 0 Å². The van der Waals surface area contributed by atoms with Crippen LogP contribution in [-0.4, -0.2) is 32.6 Å². The fraction of sp³-hybridized carbons (Fsp3) is 0.167. The predicted octanol–water partition coefficient (Wildman–Crippen LogP) is 5.19. The first kappa shape index (κ1) is 22.3. The van der Waals surface area contributed by atoms with Crippen LogP contribution in [0.3, 0.4) is 0 Å². The molecule has 0 unspecified atom stereocenters. The van der Waals surface area contributed by atoms with Crippen LogP contribution < -0.4 is 16.4 Å². The van der Waals surface area contributed by atoms with Crippen LogP contribution in [0, 0.1) is 0 Å². The van der Waals surface area contributed by atoms with Crippen LogP contribution in [0.25, 0.3) is 11.0 Å². The molecule has 2 heterocycles. The van der Waals surface area contributed by atoms with Gasteiger partial charge in [0, 0.05) is 34.1 Å². The van der Waals surface area contributed by atoms with Crippen molar-refractivity contribution >= 4 is 51.8 Å². The molecule has 9 heteroatoms. The van der Waals surface area contributed by atoms with Gasteiger partial charge in [-0.25, -0.2) is 14.8 Å². The summed E-state index contributed by atoms with van der Waals surface area (Å²) >= 11 is 1.63. The van der Waals surface area contributed by atoms with Crippen LogP contribution in [0.2, 0.25) is 0 Å². The number of rotatable bonds is 6. The Labute approximate surface area is 195 Å². The second kappa shape index (κ2) is 9.33. The van der Waals surface area contributed by atoms with E-state index in [1.807, 2.05) is 48.9 Å². The molecule has 4 rings (SSSR count). The van der Waals surface area contributed by atoms with Crippen molar-refractivity contribution < 1.29 is 9.59 Å². The minimum Gasteiger partial charge on any atom is -0.383 e. The smallest absolute Gasteiger partial charge is 0.323 e. The Morgan fingerprint density at radius 2 is 1.76 bits per heavy atom. The first-order valence-electron chi connectivity index (χ1n) is 10.3. The van der Waals surface area contributed by atoms with Gasteiger partial charge in [-0.1, -0.05) is 12.1 Å². The second-order valence-corrected chi connectivity index (χ2v) is 8.60. The fourth-order valence-corrected chi connectivity index (χ4v) is 3.94. The number of urea groups is 1. The fourth-order valence-electron chi connectivity index (χ4n) is 3.54. The molecule has 0 aliphatic heterocycles. The predicted molar refractivity (Wildman–Crippen MR) is 133 cm³/mol. The Morgan fingerprint density at radius 3 is 2.45 bits per heavy atom. The lowest BCUT2D eigenvalue weighted by Gasteiger charge is -2.09. The minimum absolute atomic E-state index is 0.0880. The van der Waals surface area contributed by atoms with Crippen LogP contribution in [0.15, 0.2) is 66.0 Å². The number of fused-ring (bicyclic) bond motifs is 1. The number of benzene rings is 2. The van der Waals surface area contributed by atoms with Gasteiger partial charge < -0.3 is 20.9 Å². The molecule has 0 atom stereocenters. The molecule has 2 aromatic heterocycles. The highest BCUT2D eigenvalue weighted by atomic mass is 32.2. The topological polar surface area (TPSA) is 115 Å². The molecule has 0 saturated carbocycles. The minimum atomic E-state index is -0.398. The maximum Gasteiger partial charge on any atom is 0.323 e. The van der Waals surface area contributed by atoms with Gasteiger partial charge in [-0.15, -0.1) is 11.8 Å². The number of hydrogen-bond acceptors (Lipinski definition) is 6. The lowest BCUT2D eigenvalue weighted by Crippen LogP contribution is -2.19. The van der Waals surface area contributed by atoms with Crippen LogP contribution in [0.4, 0.5) is 22.0 Å². The molecular formula is C24H24N6O2S. The van der Waals surface area contributed by atoms with Crippen molar-refractivity contribution in [2.24, 2.45) is 0 Å². The lowest BCUT2D eigenvalue weighted by molar-refractivity contribution is 0.104. The van der Waals surface area contributed by atoms with Gasteiger partial charge in [0.15, 0.2) is 5.78 Å². The molecule has 0 aliphatic rings. The number of aromatic nitrogens is 3. The van der Waals surface area contributed by atoms with Crippen LogP contribution in [-0.2, 0) is 0 Å². The van der Waals surface area contributed by atoms with E-state index in [-0.39, 0.29) is 17.6 Å². The molecule has 0 aliphatic carbocycles. The zero-order valence-corrected chi connectivity index (χ0v) is 19.3. The Bertz CT molecular complexity index is 1330. The first-order valence-corrected chi connectivity index (χ1v) is 11.6. The summed E-state index contributed by atoms with van der Waals surface area (Å²) in [6, 6.07) is 14.0.